The molecule has 0 saturated carbocycles. The summed E-state index contributed by atoms with van der Waals surface area (Å²) in [5.41, 5.74) is 0.434. The van der Waals surface area contributed by atoms with Crippen LogP contribution in [-0.2, 0) is 11.3 Å². The Balaban J connectivity index is 2.47. The lowest BCUT2D eigenvalue weighted by molar-refractivity contribution is -0.122. The maximum atomic E-state index is 13.1. The average molecular weight is 268 g/mol. The molecule has 1 aromatic rings. The molecule has 1 aromatic carbocycles. The third-order valence-corrected chi connectivity index (χ3v) is 2.75. The number of amides is 1. The second-order valence-corrected chi connectivity index (χ2v) is 4.99. The third-order valence-electron chi connectivity index (χ3n) is 2.75. The van der Waals surface area contributed by atoms with Crippen molar-refractivity contribution < 1.29 is 14.3 Å². The van der Waals surface area contributed by atoms with Gasteiger partial charge in [-0.25, -0.2) is 4.39 Å². The number of aromatic hydroxyl groups is 1. The number of halogens is 1. The number of rotatable bonds is 6. The number of benzene rings is 1. The van der Waals surface area contributed by atoms with E-state index in [4.69, 9.17) is 0 Å². The molecule has 1 rings (SSSR count). The number of hydrogen-bond donors (Lipinski definition) is 3. The molecule has 1 unspecified atom stereocenters. The molecular formula is C14H21FN2O2. The Morgan fingerprint density at radius 3 is 2.68 bits per heavy atom. The summed E-state index contributed by atoms with van der Waals surface area (Å²) in [5.74, 6) is -0.742. The highest BCUT2D eigenvalue weighted by Gasteiger charge is 2.13. The zero-order valence-corrected chi connectivity index (χ0v) is 11.5. The number of phenols is 1. The third kappa shape index (κ3) is 4.87. The topological polar surface area (TPSA) is 61.4 Å². The number of phenolic OH excluding ortho intramolecular Hbond substituents is 1. The molecule has 1 atom stereocenters. The van der Waals surface area contributed by atoms with Crippen molar-refractivity contribution in [2.45, 2.75) is 33.4 Å². The van der Waals surface area contributed by atoms with Crippen molar-refractivity contribution >= 4 is 5.91 Å². The molecule has 0 fully saturated rings. The van der Waals surface area contributed by atoms with Crippen LogP contribution in [0, 0.1) is 11.7 Å². The summed E-state index contributed by atoms with van der Waals surface area (Å²) in [6.45, 7) is 6.62. The summed E-state index contributed by atoms with van der Waals surface area (Å²) >= 11 is 0. The first kappa shape index (κ1) is 15.4. The average Bonchev–Trinajstić information content (AvgIpc) is 2.37. The molecule has 3 N–H and O–H groups in total. The summed E-state index contributed by atoms with van der Waals surface area (Å²) in [6, 6.07) is 3.93. The van der Waals surface area contributed by atoms with E-state index in [1.807, 2.05) is 13.8 Å². The highest BCUT2D eigenvalue weighted by Crippen LogP contribution is 2.20. The van der Waals surface area contributed by atoms with Gasteiger partial charge in [0.25, 0.3) is 0 Å². The van der Waals surface area contributed by atoms with E-state index < -0.39 is 11.9 Å². The predicted octanol–water partition coefficient (Wildman–Crippen LogP) is 1.78. The number of carbonyl (C=O) groups is 1. The van der Waals surface area contributed by atoms with Crippen LogP contribution < -0.4 is 10.6 Å². The Morgan fingerprint density at radius 1 is 1.37 bits per heavy atom. The van der Waals surface area contributed by atoms with Gasteiger partial charge in [0, 0.05) is 18.7 Å². The van der Waals surface area contributed by atoms with Crippen molar-refractivity contribution in [2.24, 2.45) is 5.92 Å². The molecule has 19 heavy (non-hydrogen) atoms. The molecule has 1 amide bonds. The van der Waals surface area contributed by atoms with Crippen molar-refractivity contribution in [1.29, 1.82) is 0 Å². The molecule has 0 heterocycles. The van der Waals surface area contributed by atoms with E-state index in [0.29, 0.717) is 18.0 Å². The van der Waals surface area contributed by atoms with Crippen LogP contribution in [0.5, 0.6) is 5.75 Å². The highest BCUT2D eigenvalue weighted by molar-refractivity contribution is 5.81. The smallest absolute Gasteiger partial charge is 0.236 e. The van der Waals surface area contributed by atoms with E-state index in [9.17, 15) is 14.3 Å². The van der Waals surface area contributed by atoms with Crippen LogP contribution in [0.4, 0.5) is 4.39 Å². The number of hydrogen-bond acceptors (Lipinski definition) is 3. The van der Waals surface area contributed by atoms with Crippen LogP contribution in [0.1, 0.15) is 26.3 Å². The van der Waals surface area contributed by atoms with Crippen LogP contribution in [0.3, 0.4) is 0 Å². The van der Waals surface area contributed by atoms with Crippen LogP contribution in [0.25, 0.3) is 0 Å². The van der Waals surface area contributed by atoms with Crippen LogP contribution >= 0.6 is 0 Å². The molecule has 106 valence electrons. The molecule has 0 aliphatic carbocycles. The van der Waals surface area contributed by atoms with Crippen molar-refractivity contribution in [3.8, 4) is 5.75 Å². The highest BCUT2D eigenvalue weighted by atomic mass is 19.1. The summed E-state index contributed by atoms with van der Waals surface area (Å²) in [7, 11) is 0. The molecular weight excluding hydrogens is 247 g/mol. The van der Waals surface area contributed by atoms with E-state index in [0.717, 1.165) is 0 Å². The van der Waals surface area contributed by atoms with Crippen molar-refractivity contribution in [2.75, 3.05) is 6.54 Å². The van der Waals surface area contributed by atoms with Gasteiger partial charge in [-0.15, -0.1) is 0 Å². The first-order valence-electron chi connectivity index (χ1n) is 6.39. The molecule has 0 aliphatic rings. The van der Waals surface area contributed by atoms with Crippen molar-refractivity contribution in [3.05, 3.63) is 29.6 Å². The minimum absolute atomic E-state index is 0.107. The lowest BCUT2D eigenvalue weighted by Gasteiger charge is -2.15. The lowest BCUT2D eigenvalue weighted by atomic mass is 10.1. The van der Waals surface area contributed by atoms with Gasteiger partial charge in [0.05, 0.1) is 6.04 Å². The Kier molecular flexibility index (Phi) is 5.76. The van der Waals surface area contributed by atoms with E-state index in [1.54, 1.807) is 13.0 Å². The largest absolute Gasteiger partial charge is 0.505 e. The standard InChI is InChI=1S/C14H21FN2O2/c1-9(2)7-17-14(19)10(3)16-8-11-5-4-6-12(15)13(11)18/h4-6,9-10,16,18H,7-8H2,1-3H3,(H,17,19). The first-order valence-corrected chi connectivity index (χ1v) is 6.39. The summed E-state index contributed by atoms with van der Waals surface area (Å²) in [5, 5.41) is 15.3. The lowest BCUT2D eigenvalue weighted by Crippen LogP contribution is -2.42. The molecule has 4 nitrogen and oxygen atoms in total. The van der Waals surface area contributed by atoms with Gasteiger partial charge in [-0.05, 0) is 18.9 Å². The second kappa shape index (κ2) is 7.09. The fourth-order valence-corrected chi connectivity index (χ4v) is 1.52. The molecule has 5 heteroatoms. The van der Waals surface area contributed by atoms with Gasteiger partial charge in [0.2, 0.25) is 5.91 Å². The van der Waals surface area contributed by atoms with Gasteiger partial charge < -0.3 is 15.7 Å². The van der Waals surface area contributed by atoms with Gasteiger partial charge in [-0.3, -0.25) is 4.79 Å². The van der Waals surface area contributed by atoms with E-state index >= 15 is 0 Å². The fourth-order valence-electron chi connectivity index (χ4n) is 1.52. The van der Waals surface area contributed by atoms with E-state index in [2.05, 4.69) is 10.6 Å². The maximum Gasteiger partial charge on any atom is 0.236 e. The van der Waals surface area contributed by atoms with Gasteiger partial charge in [-0.1, -0.05) is 26.0 Å². The first-order chi connectivity index (χ1) is 8.91. The predicted molar refractivity (Wildman–Crippen MR) is 72.2 cm³/mol. The van der Waals surface area contributed by atoms with E-state index in [1.165, 1.54) is 12.1 Å². The SMILES string of the molecule is CC(C)CNC(=O)C(C)NCc1cccc(F)c1O. The molecule has 0 aliphatic heterocycles. The summed E-state index contributed by atoms with van der Waals surface area (Å²) < 4.78 is 13.1. The molecule has 0 saturated heterocycles. The molecule has 0 radical (unpaired) electrons. The van der Waals surface area contributed by atoms with Crippen molar-refractivity contribution in [3.63, 3.8) is 0 Å². The van der Waals surface area contributed by atoms with Crippen LogP contribution in [0.15, 0.2) is 18.2 Å². The summed E-state index contributed by atoms with van der Waals surface area (Å²) in [4.78, 5) is 11.7. The van der Waals surface area contributed by atoms with Gasteiger partial charge in [0.1, 0.15) is 0 Å². The maximum absolute atomic E-state index is 13.1. The van der Waals surface area contributed by atoms with Gasteiger partial charge >= 0.3 is 0 Å². The van der Waals surface area contributed by atoms with Gasteiger partial charge in [0.15, 0.2) is 11.6 Å². The summed E-state index contributed by atoms with van der Waals surface area (Å²) in [6.07, 6.45) is 0. The Labute approximate surface area is 113 Å². The quantitative estimate of drug-likeness (QED) is 0.737. The molecule has 0 aromatic heterocycles. The fraction of sp³-hybridized carbons (Fsp3) is 0.500. The number of para-hydroxylation sites is 1. The molecule has 0 bridgehead atoms. The second-order valence-electron chi connectivity index (χ2n) is 4.99. The molecule has 0 spiro atoms. The van der Waals surface area contributed by atoms with Crippen LogP contribution in [0.2, 0.25) is 0 Å². The number of carbonyl (C=O) groups excluding carboxylic acids is 1. The Hall–Kier alpha value is -1.62. The van der Waals surface area contributed by atoms with Crippen LogP contribution in [-0.4, -0.2) is 23.6 Å². The minimum atomic E-state index is -0.656. The van der Waals surface area contributed by atoms with E-state index in [-0.39, 0.29) is 18.2 Å². The zero-order valence-electron chi connectivity index (χ0n) is 11.5. The van der Waals surface area contributed by atoms with Crippen molar-refractivity contribution in [1.82, 2.24) is 10.6 Å². The minimum Gasteiger partial charge on any atom is -0.505 e. The Morgan fingerprint density at radius 2 is 2.05 bits per heavy atom. The normalized spacial score (nSPS) is 12.5. The number of nitrogens with one attached hydrogen (secondary N) is 2. The zero-order chi connectivity index (χ0) is 14.4. The Bertz CT molecular complexity index is 435. The monoisotopic (exact) mass is 268 g/mol. The van der Waals surface area contributed by atoms with Gasteiger partial charge in [-0.2, -0.15) is 0 Å².